The number of hydrogen-bond acceptors (Lipinski definition) is 5. The Bertz CT molecular complexity index is 467. The van der Waals surface area contributed by atoms with Crippen LogP contribution in [0.1, 0.15) is 25.7 Å². The molecule has 1 saturated heterocycles. The zero-order valence-corrected chi connectivity index (χ0v) is 12.4. The molecule has 124 valence electrons. The first-order valence-electron chi connectivity index (χ1n) is 7.00. The molecule has 1 fully saturated rings. The monoisotopic (exact) mass is 315 g/mol. The summed E-state index contributed by atoms with van der Waals surface area (Å²) in [5, 5.41) is 17.8. The van der Waals surface area contributed by atoms with Crippen molar-refractivity contribution in [3.05, 3.63) is 0 Å². The summed E-state index contributed by atoms with van der Waals surface area (Å²) in [6.07, 6.45) is 0.540. The van der Waals surface area contributed by atoms with Crippen LogP contribution in [0.5, 0.6) is 0 Å². The number of amides is 2. The van der Waals surface area contributed by atoms with Gasteiger partial charge in [-0.15, -0.1) is 0 Å². The number of nitrogens with zero attached hydrogens (tertiary/aromatic N) is 2. The topological polar surface area (TPSA) is 141 Å². The molecule has 0 saturated carbocycles. The summed E-state index contributed by atoms with van der Waals surface area (Å²) in [4.78, 5) is 48.4. The maximum atomic E-state index is 12.4. The quantitative estimate of drug-likeness (QED) is 0.531. The van der Waals surface area contributed by atoms with E-state index < -0.39 is 29.9 Å². The van der Waals surface area contributed by atoms with Crippen molar-refractivity contribution in [2.24, 2.45) is 5.73 Å². The van der Waals surface area contributed by atoms with Gasteiger partial charge in [0, 0.05) is 20.0 Å². The molecule has 1 rings (SSSR count). The first kappa shape index (κ1) is 17.9. The van der Waals surface area contributed by atoms with Gasteiger partial charge in [0.2, 0.25) is 11.8 Å². The molecule has 1 heterocycles. The molecule has 0 aromatic carbocycles. The van der Waals surface area contributed by atoms with Crippen molar-refractivity contribution in [1.29, 1.82) is 0 Å². The fourth-order valence-corrected chi connectivity index (χ4v) is 2.57. The number of rotatable bonds is 7. The zero-order chi connectivity index (χ0) is 16.9. The summed E-state index contributed by atoms with van der Waals surface area (Å²) >= 11 is 0. The van der Waals surface area contributed by atoms with Gasteiger partial charge in [-0.25, -0.2) is 4.79 Å². The third-order valence-electron chi connectivity index (χ3n) is 3.76. The lowest BCUT2D eigenvalue weighted by Crippen LogP contribution is -2.52. The fourth-order valence-electron chi connectivity index (χ4n) is 2.57. The minimum absolute atomic E-state index is 0.190. The summed E-state index contributed by atoms with van der Waals surface area (Å²) in [6.45, 7) is 0.196. The number of aliphatic carboxylic acids is 2. The minimum atomic E-state index is -1.27. The van der Waals surface area contributed by atoms with Gasteiger partial charge in [-0.1, -0.05) is 0 Å². The molecule has 9 heteroatoms. The Morgan fingerprint density at radius 1 is 1.32 bits per heavy atom. The summed E-state index contributed by atoms with van der Waals surface area (Å²) in [7, 11) is 1.31. The lowest BCUT2D eigenvalue weighted by molar-refractivity contribution is -0.153. The lowest BCUT2D eigenvalue weighted by atomic mass is 10.1. The Hall–Kier alpha value is -2.16. The largest absolute Gasteiger partial charge is 0.481 e. The maximum absolute atomic E-state index is 12.4. The van der Waals surface area contributed by atoms with Crippen molar-refractivity contribution in [3.8, 4) is 0 Å². The summed E-state index contributed by atoms with van der Waals surface area (Å²) in [6, 6.07) is -1.97. The van der Waals surface area contributed by atoms with E-state index >= 15 is 0 Å². The number of carbonyl (C=O) groups excluding carboxylic acids is 2. The van der Waals surface area contributed by atoms with Crippen molar-refractivity contribution in [2.45, 2.75) is 37.8 Å². The van der Waals surface area contributed by atoms with Crippen LogP contribution in [-0.4, -0.2) is 76.0 Å². The van der Waals surface area contributed by atoms with Gasteiger partial charge in [-0.3, -0.25) is 14.4 Å². The molecule has 2 amide bonds. The average molecular weight is 315 g/mol. The normalized spacial score (nSPS) is 18.8. The van der Waals surface area contributed by atoms with Crippen molar-refractivity contribution >= 4 is 23.8 Å². The number of carbonyl (C=O) groups is 4. The van der Waals surface area contributed by atoms with Crippen LogP contribution in [-0.2, 0) is 19.2 Å². The molecule has 0 bridgehead atoms. The second-order valence-electron chi connectivity index (χ2n) is 5.18. The van der Waals surface area contributed by atoms with Gasteiger partial charge in [0.05, 0.1) is 6.54 Å². The van der Waals surface area contributed by atoms with Gasteiger partial charge in [0.1, 0.15) is 12.1 Å². The predicted molar refractivity (Wildman–Crippen MR) is 74.9 cm³/mol. The molecule has 4 N–H and O–H groups in total. The molecule has 0 aliphatic carbocycles. The van der Waals surface area contributed by atoms with E-state index in [-0.39, 0.29) is 25.3 Å². The van der Waals surface area contributed by atoms with Gasteiger partial charge in [-0.05, 0) is 19.3 Å². The Morgan fingerprint density at radius 3 is 2.45 bits per heavy atom. The van der Waals surface area contributed by atoms with Crippen molar-refractivity contribution in [3.63, 3.8) is 0 Å². The number of carboxylic acid groups (broad SMARTS) is 2. The van der Waals surface area contributed by atoms with Crippen LogP contribution < -0.4 is 5.73 Å². The Kier molecular flexibility index (Phi) is 6.29. The van der Waals surface area contributed by atoms with Crippen LogP contribution in [0.4, 0.5) is 0 Å². The van der Waals surface area contributed by atoms with E-state index in [1.54, 1.807) is 0 Å². The van der Waals surface area contributed by atoms with Crippen LogP contribution in [0.3, 0.4) is 0 Å². The average Bonchev–Trinajstić information content (AvgIpc) is 2.94. The van der Waals surface area contributed by atoms with E-state index in [1.165, 1.54) is 11.9 Å². The van der Waals surface area contributed by atoms with Crippen LogP contribution in [0.25, 0.3) is 0 Å². The highest BCUT2D eigenvalue weighted by Crippen LogP contribution is 2.20. The van der Waals surface area contributed by atoms with E-state index in [2.05, 4.69) is 0 Å². The first-order chi connectivity index (χ1) is 10.3. The van der Waals surface area contributed by atoms with E-state index in [0.29, 0.717) is 19.4 Å². The van der Waals surface area contributed by atoms with Gasteiger partial charge in [0.25, 0.3) is 0 Å². The Labute approximate surface area is 127 Å². The molecule has 1 aliphatic heterocycles. The standard InChI is InChI=1S/C13H21N3O6/c1-15(9(13(21)22)4-5-11(18)19)12(20)8-3-2-6-16(8)10(17)7-14/h8-9H,2-7,14H2,1H3,(H,18,19)(H,21,22)/t8-,9-/m0/s1. The number of carboxylic acids is 2. The third kappa shape index (κ3) is 4.17. The molecule has 9 nitrogen and oxygen atoms in total. The SMILES string of the molecule is CN(C(=O)[C@@H]1CCCN1C(=O)CN)[C@@H](CCC(=O)O)C(=O)O. The molecule has 2 atom stereocenters. The lowest BCUT2D eigenvalue weighted by Gasteiger charge is -2.31. The third-order valence-corrected chi connectivity index (χ3v) is 3.76. The number of likely N-dealkylation sites (N-methyl/N-ethyl adjacent to an activating group) is 1. The smallest absolute Gasteiger partial charge is 0.326 e. The van der Waals surface area contributed by atoms with Crippen molar-refractivity contribution < 1.29 is 29.4 Å². The Morgan fingerprint density at radius 2 is 1.95 bits per heavy atom. The van der Waals surface area contributed by atoms with Crippen molar-refractivity contribution in [1.82, 2.24) is 9.80 Å². The molecule has 0 radical (unpaired) electrons. The van der Waals surface area contributed by atoms with Gasteiger partial charge in [-0.2, -0.15) is 0 Å². The Balaban J connectivity index is 2.82. The highest BCUT2D eigenvalue weighted by Gasteiger charge is 2.38. The summed E-state index contributed by atoms with van der Waals surface area (Å²) < 4.78 is 0. The first-order valence-corrected chi connectivity index (χ1v) is 7.00. The molecular weight excluding hydrogens is 294 g/mol. The fraction of sp³-hybridized carbons (Fsp3) is 0.692. The van der Waals surface area contributed by atoms with Gasteiger partial charge < -0.3 is 25.7 Å². The molecule has 0 aromatic heterocycles. The number of nitrogens with two attached hydrogens (primary N) is 1. The van der Waals surface area contributed by atoms with Crippen LogP contribution in [0.2, 0.25) is 0 Å². The van der Waals surface area contributed by atoms with E-state index in [1.807, 2.05) is 0 Å². The molecule has 0 spiro atoms. The summed E-state index contributed by atoms with van der Waals surface area (Å²) in [5.74, 6) is -3.27. The van der Waals surface area contributed by atoms with E-state index in [9.17, 15) is 24.3 Å². The van der Waals surface area contributed by atoms with Crippen LogP contribution in [0.15, 0.2) is 0 Å². The summed E-state index contributed by atoms with van der Waals surface area (Å²) in [5.41, 5.74) is 5.30. The molecule has 1 aliphatic rings. The zero-order valence-electron chi connectivity index (χ0n) is 12.4. The predicted octanol–water partition coefficient (Wildman–Crippen LogP) is -1.29. The second-order valence-corrected chi connectivity index (χ2v) is 5.18. The highest BCUT2D eigenvalue weighted by atomic mass is 16.4. The van der Waals surface area contributed by atoms with Gasteiger partial charge in [0.15, 0.2) is 0 Å². The second kappa shape index (κ2) is 7.74. The van der Waals surface area contributed by atoms with E-state index in [4.69, 9.17) is 10.8 Å². The highest BCUT2D eigenvalue weighted by molar-refractivity contribution is 5.91. The molecule has 0 unspecified atom stereocenters. The van der Waals surface area contributed by atoms with E-state index in [0.717, 1.165) is 4.90 Å². The van der Waals surface area contributed by atoms with Crippen molar-refractivity contribution in [2.75, 3.05) is 20.1 Å². The molecule has 22 heavy (non-hydrogen) atoms. The van der Waals surface area contributed by atoms with Gasteiger partial charge >= 0.3 is 11.9 Å². The van der Waals surface area contributed by atoms with Crippen LogP contribution in [0, 0.1) is 0 Å². The number of likely N-dealkylation sites (tertiary alicyclic amines) is 1. The van der Waals surface area contributed by atoms with Crippen LogP contribution >= 0.6 is 0 Å². The maximum Gasteiger partial charge on any atom is 0.326 e. The minimum Gasteiger partial charge on any atom is -0.481 e. The molecular formula is C13H21N3O6. The molecule has 0 aromatic rings. The number of hydrogen-bond donors (Lipinski definition) is 3.